The molecule has 0 saturated carbocycles. The molecule has 32 heavy (non-hydrogen) atoms. The Morgan fingerprint density at radius 3 is 2.69 bits per heavy atom. The molecule has 2 amide bonds. The standard InChI is InChI=1S/C24H28N6O2.2H2/c1-5-7-23(32)27-18-10-19-20(12-26-24(19)25-11-18)21-8-6-9-22(28-21)29-13-15(2)30(17(4)31)16(3)14-29;;/h5-12,15-16H,13-14H2,1-4H3,(H,25,26)(H,27,32);2*1H/b7-5+;;/t15-,16+;;. The smallest absolute Gasteiger partial charge is 0.248 e. The second-order valence-corrected chi connectivity index (χ2v) is 8.22. The largest absolute Gasteiger partial charge is 0.352 e. The van der Waals surface area contributed by atoms with E-state index >= 15 is 0 Å². The molecule has 1 fully saturated rings. The summed E-state index contributed by atoms with van der Waals surface area (Å²) in [6, 6.07) is 8.09. The third-order valence-corrected chi connectivity index (χ3v) is 5.73. The van der Waals surface area contributed by atoms with E-state index in [9.17, 15) is 9.59 Å². The van der Waals surface area contributed by atoms with Crippen LogP contribution in [0.4, 0.5) is 11.5 Å². The van der Waals surface area contributed by atoms with Crippen LogP contribution in [0, 0.1) is 0 Å². The zero-order chi connectivity index (χ0) is 22.8. The number of allylic oxidation sites excluding steroid dienone is 1. The molecule has 0 aromatic carbocycles. The average molecular weight is 437 g/mol. The first-order valence-corrected chi connectivity index (χ1v) is 10.8. The van der Waals surface area contributed by atoms with Crippen molar-refractivity contribution in [1.29, 1.82) is 0 Å². The number of H-pyrrole nitrogens is 1. The van der Waals surface area contributed by atoms with Gasteiger partial charge < -0.3 is 20.1 Å². The molecule has 0 bridgehead atoms. The number of anilines is 2. The normalized spacial score (nSPS) is 19.0. The van der Waals surface area contributed by atoms with Gasteiger partial charge in [-0.25, -0.2) is 9.97 Å². The zero-order valence-electron chi connectivity index (χ0n) is 18.8. The predicted octanol–water partition coefficient (Wildman–Crippen LogP) is 4.08. The number of piperazine rings is 1. The van der Waals surface area contributed by atoms with Gasteiger partial charge in [-0.15, -0.1) is 0 Å². The van der Waals surface area contributed by atoms with Gasteiger partial charge in [0, 0.05) is 52.1 Å². The molecular formula is C24H32N6O2. The van der Waals surface area contributed by atoms with Gasteiger partial charge in [-0.2, -0.15) is 0 Å². The fraction of sp³-hybridized carbons (Fsp3) is 0.333. The van der Waals surface area contributed by atoms with Crippen LogP contribution in [0.1, 0.15) is 30.5 Å². The lowest BCUT2D eigenvalue weighted by Gasteiger charge is -2.44. The van der Waals surface area contributed by atoms with Gasteiger partial charge >= 0.3 is 0 Å². The fourth-order valence-electron chi connectivity index (χ4n) is 4.50. The number of amides is 2. The number of nitrogens with one attached hydrogen (secondary N) is 2. The van der Waals surface area contributed by atoms with Gasteiger partial charge in [0.25, 0.3) is 0 Å². The summed E-state index contributed by atoms with van der Waals surface area (Å²) in [5, 5.41) is 3.71. The van der Waals surface area contributed by atoms with Crippen molar-refractivity contribution in [1.82, 2.24) is 19.9 Å². The molecule has 3 aromatic heterocycles. The molecule has 0 aliphatic carbocycles. The van der Waals surface area contributed by atoms with E-state index in [1.807, 2.05) is 35.4 Å². The van der Waals surface area contributed by atoms with Gasteiger partial charge in [-0.1, -0.05) is 12.1 Å². The molecule has 0 unspecified atom stereocenters. The Labute approximate surface area is 190 Å². The number of pyridine rings is 2. The maximum absolute atomic E-state index is 12.0. The molecule has 4 heterocycles. The summed E-state index contributed by atoms with van der Waals surface area (Å²) in [5.74, 6) is 0.790. The average Bonchev–Trinajstić information content (AvgIpc) is 3.16. The highest BCUT2D eigenvalue weighted by molar-refractivity contribution is 6.01. The van der Waals surface area contributed by atoms with E-state index in [1.165, 1.54) is 6.08 Å². The Morgan fingerprint density at radius 2 is 2.00 bits per heavy atom. The van der Waals surface area contributed by atoms with Crippen LogP contribution in [-0.4, -0.2) is 56.8 Å². The number of carbonyl (C=O) groups excluding carboxylic acids is 2. The van der Waals surface area contributed by atoms with Crippen molar-refractivity contribution in [3.63, 3.8) is 0 Å². The number of hydrogen-bond donors (Lipinski definition) is 2. The summed E-state index contributed by atoms with van der Waals surface area (Å²) < 4.78 is 0. The molecule has 1 saturated heterocycles. The number of rotatable bonds is 4. The van der Waals surface area contributed by atoms with E-state index in [1.54, 1.807) is 26.1 Å². The Hall–Kier alpha value is -3.68. The van der Waals surface area contributed by atoms with E-state index in [0.29, 0.717) is 5.69 Å². The van der Waals surface area contributed by atoms with Gasteiger partial charge in [0.05, 0.1) is 17.6 Å². The lowest BCUT2D eigenvalue weighted by atomic mass is 10.1. The third kappa shape index (κ3) is 4.21. The highest BCUT2D eigenvalue weighted by Gasteiger charge is 2.31. The summed E-state index contributed by atoms with van der Waals surface area (Å²) in [5.41, 5.74) is 3.09. The van der Waals surface area contributed by atoms with E-state index in [-0.39, 0.29) is 26.8 Å². The monoisotopic (exact) mass is 436 g/mol. The summed E-state index contributed by atoms with van der Waals surface area (Å²) in [6.07, 6.45) is 6.68. The quantitative estimate of drug-likeness (QED) is 0.601. The minimum atomic E-state index is -0.196. The van der Waals surface area contributed by atoms with Crippen molar-refractivity contribution in [3.8, 4) is 11.3 Å². The molecule has 2 N–H and O–H groups in total. The first kappa shape index (κ1) is 21.5. The highest BCUT2D eigenvalue weighted by atomic mass is 16.2. The molecular weight excluding hydrogens is 404 g/mol. The molecule has 1 aliphatic heterocycles. The van der Waals surface area contributed by atoms with Gasteiger partial charge in [-0.3, -0.25) is 9.59 Å². The van der Waals surface area contributed by atoms with Crippen molar-refractivity contribution in [3.05, 3.63) is 48.8 Å². The van der Waals surface area contributed by atoms with Crippen molar-refractivity contribution in [2.75, 3.05) is 23.3 Å². The number of hydrogen-bond acceptors (Lipinski definition) is 5. The summed E-state index contributed by atoms with van der Waals surface area (Å²) >= 11 is 0. The van der Waals surface area contributed by atoms with E-state index in [4.69, 9.17) is 4.98 Å². The second-order valence-electron chi connectivity index (χ2n) is 8.22. The molecule has 0 spiro atoms. The highest BCUT2D eigenvalue weighted by Crippen LogP contribution is 2.30. The first-order valence-electron chi connectivity index (χ1n) is 10.8. The van der Waals surface area contributed by atoms with Crippen LogP contribution in [-0.2, 0) is 9.59 Å². The van der Waals surface area contributed by atoms with E-state index in [0.717, 1.165) is 41.2 Å². The Bertz CT molecular complexity index is 1180. The number of fused-ring (bicyclic) bond motifs is 1. The lowest BCUT2D eigenvalue weighted by Crippen LogP contribution is -2.58. The summed E-state index contributed by atoms with van der Waals surface area (Å²) in [6.45, 7) is 9.03. The molecule has 2 atom stereocenters. The van der Waals surface area contributed by atoms with Crippen LogP contribution in [0.25, 0.3) is 22.3 Å². The van der Waals surface area contributed by atoms with Gasteiger partial charge in [0.2, 0.25) is 11.8 Å². The van der Waals surface area contributed by atoms with Crippen LogP contribution >= 0.6 is 0 Å². The topological polar surface area (TPSA) is 94.2 Å². The van der Waals surface area contributed by atoms with Crippen LogP contribution in [0.5, 0.6) is 0 Å². The first-order chi connectivity index (χ1) is 15.4. The van der Waals surface area contributed by atoms with E-state index < -0.39 is 0 Å². The molecule has 3 aromatic rings. The fourth-order valence-corrected chi connectivity index (χ4v) is 4.50. The SMILES string of the molecule is C/C=C/C(=O)Nc1cnc2[nH]cc(-c3cccc(N4C[C@@H](C)N(C(C)=O)[C@@H](C)C4)n3)c2c1.[HH].[HH]. The predicted molar refractivity (Wildman–Crippen MR) is 131 cm³/mol. The minimum Gasteiger partial charge on any atom is -0.352 e. The minimum absolute atomic E-state index is 0. The molecule has 4 rings (SSSR count). The summed E-state index contributed by atoms with van der Waals surface area (Å²) in [7, 11) is 0. The van der Waals surface area contributed by atoms with Gasteiger partial charge in [0.15, 0.2) is 0 Å². The third-order valence-electron chi connectivity index (χ3n) is 5.73. The van der Waals surface area contributed by atoms with Crippen molar-refractivity contribution in [2.45, 2.75) is 39.8 Å². The number of nitrogens with zero attached hydrogens (tertiary/aromatic N) is 4. The van der Waals surface area contributed by atoms with Gasteiger partial charge in [0.1, 0.15) is 11.5 Å². The van der Waals surface area contributed by atoms with Crippen molar-refractivity contribution < 1.29 is 12.4 Å². The second kappa shape index (κ2) is 8.82. The van der Waals surface area contributed by atoms with Crippen LogP contribution < -0.4 is 10.2 Å². The number of aromatic amines is 1. The van der Waals surface area contributed by atoms with Gasteiger partial charge in [-0.05, 0) is 45.0 Å². The molecule has 8 nitrogen and oxygen atoms in total. The van der Waals surface area contributed by atoms with Crippen LogP contribution in [0.2, 0.25) is 0 Å². The Kier molecular flexibility index (Phi) is 5.94. The van der Waals surface area contributed by atoms with Crippen molar-refractivity contribution >= 4 is 34.4 Å². The molecule has 8 heteroatoms. The maximum atomic E-state index is 12.0. The molecule has 0 radical (unpaired) electrons. The Balaban J connectivity index is 0.00000204. The maximum Gasteiger partial charge on any atom is 0.248 e. The number of carbonyl (C=O) groups is 2. The molecule has 1 aliphatic rings. The summed E-state index contributed by atoms with van der Waals surface area (Å²) in [4.78, 5) is 40.6. The lowest BCUT2D eigenvalue weighted by molar-refractivity contribution is -0.133. The zero-order valence-corrected chi connectivity index (χ0v) is 18.8. The van der Waals surface area contributed by atoms with Crippen LogP contribution in [0.3, 0.4) is 0 Å². The Morgan fingerprint density at radius 1 is 1.25 bits per heavy atom. The van der Waals surface area contributed by atoms with E-state index in [2.05, 4.69) is 34.0 Å². The van der Waals surface area contributed by atoms with Crippen molar-refractivity contribution in [2.24, 2.45) is 0 Å². The number of aromatic nitrogens is 3. The molecule has 170 valence electrons. The van der Waals surface area contributed by atoms with Crippen LogP contribution in [0.15, 0.2) is 48.8 Å².